The van der Waals surface area contributed by atoms with Gasteiger partial charge in [-0.2, -0.15) is 18.3 Å². The van der Waals surface area contributed by atoms with Gasteiger partial charge in [0.15, 0.2) is 5.82 Å². The van der Waals surface area contributed by atoms with Crippen LogP contribution in [0.15, 0.2) is 61.3 Å². The van der Waals surface area contributed by atoms with E-state index in [-0.39, 0.29) is 0 Å². The normalized spacial score (nSPS) is 14.5. The number of nitrogens with zero attached hydrogens (tertiary/aromatic N) is 3. The molecule has 1 aromatic heterocycles. The van der Waals surface area contributed by atoms with E-state index >= 15 is 0 Å². The molecular weight excluding hydrogens is 403 g/mol. The third kappa shape index (κ3) is 4.68. The van der Waals surface area contributed by atoms with Crippen molar-refractivity contribution in [2.24, 2.45) is 0 Å². The number of halogens is 3. The van der Waals surface area contributed by atoms with E-state index in [9.17, 15) is 13.2 Å². The second kappa shape index (κ2) is 8.37. The molecule has 31 heavy (non-hydrogen) atoms. The van der Waals surface area contributed by atoms with Gasteiger partial charge in [0.1, 0.15) is 0 Å². The Labute approximate surface area is 179 Å². The van der Waals surface area contributed by atoms with Crippen molar-refractivity contribution < 1.29 is 13.2 Å². The first-order chi connectivity index (χ1) is 14.8. The molecule has 1 saturated heterocycles. The third-order valence-corrected chi connectivity index (χ3v) is 5.39. The first-order valence-electron chi connectivity index (χ1n) is 10.2. The maximum atomic E-state index is 13.0. The van der Waals surface area contributed by atoms with Gasteiger partial charge in [-0.1, -0.05) is 12.6 Å². The van der Waals surface area contributed by atoms with E-state index in [1.807, 2.05) is 18.2 Å². The molecule has 5 nitrogen and oxygen atoms in total. The SMILES string of the molecule is C=C(Nc1ccn(-c2cccc(C(F)(F)F)c2)n1)c1cc(N2CCCCC2)ccc1N. The Morgan fingerprint density at radius 3 is 2.52 bits per heavy atom. The number of nitrogens with one attached hydrogen (secondary N) is 1. The minimum Gasteiger partial charge on any atom is -0.398 e. The average molecular weight is 427 g/mol. The van der Waals surface area contributed by atoms with Gasteiger partial charge >= 0.3 is 6.18 Å². The van der Waals surface area contributed by atoms with Gasteiger partial charge in [-0.25, -0.2) is 4.68 Å². The fourth-order valence-electron chi connectivity index (χ4n) is 3.74. The molecule has 0 aliphatic carbocycles. The number of nitrogen functional groups attached to an aromatic ring is 1. The number of piperidine rings is 1. The van der Waals surface area contributed by atoms with Gasteiger partial charge in [0.2, 0.25) is 0 Å². The Morgan fingerprint density at radius 2 is 1.77 bits per heavy atom. The van der Waals surface area contributed by atoms with Gasteiger partial charge in [-0.3, -0.25) is 0 Å². The van der Waals surface area contributed by atoms with Crippen LogP contribution in [-0.4, -0.2) is 22.9 Å². The molecule has 0 spiro atoms. The topological polar surface area (TPSA) is 59.1 Å². The summed E-state index contributed by atoms with van der Waals surface area (Å²) in [6.07, 6.45) is 0.785. The molecule has 4 rings (SSSR count). The van der Waals surface area contributed by atoms with Crippen molar-refractivity contribution in [1.82, 2.24) is 9.78 Å². The highest BCUT2D eigenvalue weighted by atomic mass is 19.4. The molecule has 0 unspecified atom stereocenters. The molecule has 0 saturated carbocycles. The van der Waals surface area contributed by atoms with Gasteiger partial charge in [-0.05, 0) is 55.7 Å². The minimum absolute atomic E-state index is 0.320. The molecule has 1 aliphatic heterocycles. The van der Waals surface area contributed by atoms with E-state index in [4.69, 9.17) is 5.73 Å². The number of hydrogen-bond acceptors (Lipinski definition) is 4. The Bertz CT molecular complexity index is 1080. The van der Waals surface area contributed by atoms with Crippen molar-refractivity contribution in [1.29, 1.82) is 0 Å². The van der Waals surface area contributed by atoms with Crippen LogP contribution in [0.25, 0.3) is 11.4 Å². The maximum Gasteiger partial charge on any atom is 0.416 e. The van der Waals surface area contributed by atoms with Gasteiger partial charge in [0.25, 0.3) is 0 Å². The summed E-state index contributed by atoms with van der Waals surface area (Å²) in [6, 6.07) is 12.6. The number of hydrogen-bond donors (Lipinski definition) is 2. The molecule has 3 N–H and O–H groups in total. The maximum absolute atomic E-state index is 13.0. The summed E-state index contributed by atoms with van der Waals surface area (Å²) in [5.74, 6) is 0.463. The lowest BCUT2D eigenvalue weighted by Crippen LogP contribution is -2.29. The van der Waals surface area contributed by atoms with E-state index < -0.39 is 11.7 Å². The first kappa shape index (κ1) is 20.8. The molecule has 0 bridgehead atoms. The first-order valence-corrected chi connectivity index (χ1v) is 10.2. The number of alkyl halides is 3. The number of rotatable bonds is 5. The fourth-order valence-corrected chi connectivity index (χ4v) is 3.74. The van der Waals surface area contributed by atoms with Crippen molar-refractivity contribution >= 4 is 22.9 Å². The minimum atomic E-state index is -4.41. The number of nitrogens with two attached hydrogens (primary N) is 1. The second-order valence-electron chi connectivity index (χ2n) is 7.62. The Hall–Kier alpha value is -3.42. The van der Waals surface area contributed by atoms with E-state index in [2.05, 4.69) is 21.9 Å². The number of aromatic nitrogens is 2. The van der Waals surface area contributed by atoms with Crippen LogP contribution in [0.3, 0.4) is 0 Å². The molecular formula is C23H24F3N5. The summed E-state index contributed by atoms with van der Waals surface area (Å²) in [4.78, 5) is 2.34. The van der Waals surface area contributed by atoms with Crippen molar-refractivity contribution in [3.63, 3.8) is 0 Å². The molecule has 8 heteroatoms. The van der Waals surface area contributed by atoms with Crippen LogP contribution < -0.4 is 16.0 Å². The van der Waals surface area contributed by atoms with Gasteiger partial charge in [0, 0.05) is 48.0 Å². The van der Waals surface area contributed by atoms with E-state index in [1.165, 1.54) is 30.0 Å². The molecule has 2 aromatic carbocycles. The number of benzene rings is 2. The predicted octanol–water partition coefficient (Wildman–Crippen LogP) is 5.55. The molecule has 0 radical (unpaired) electrons. The monoisotopic (exact) mass is 427 g/mol. The van der Waals surface area contributed by atoms with Crippen molar-refractivity contribution in [3.05, 3.63) is 72.4 Å². The summed E-state index contributed by atoms with van der Waals surface area (Å²) in [6.45, 7) is 6.13. The lowest BCUT2D eigenvalue weighted by atomic mass is 10.1. The second-order valence-corrected chi connectivity index (χ2v) is 7.62. The van der Waals surface area contributed by atoms with Crippen LogP contribution in [0.1, 0.15) is 30.4 Å². The van der Waals surface area contributed by atoms with E-state index in [1.54, 1.807) is 18.3 Å². The molecule has 162 valence electrons. The van der Waals surface area contributed by atoms with Crippen LogP contribution in [0, 0.1) is 0 Å². The predicted molar refractivity (Wildman–Crippen MR) is 118 cm³/mol. The van der Waals surface area contributed by atoms with Gasteiger partial charge in [0.05, 0.1) is 11.3 Å². The van der Waals surface area contributed by atoms with Gasteiger partial charge in [-0.15, -0.1) is 0 Å². The highest BCUT2D eigenvalue weighted by molar-refractivity contribution is 5.82. The standard InChI is InChI=1S/C23H24F3N5/c1-16(20-15-18(8-9-21(20)27)30-11-3-2-4-12-30)28-22-10-13-31(29-22)19-7-5-6-17(14-19)23(24,25)26/h5-10,13-15H,1-4,11-12,27H2,(H,28,29). The molecule has 1 aliphatic rings. The zero-order valence-corrected chi connectivity index (χ0v) is 17.0. The Morgan fingerprint density at radius 1 is 1.00 bits per heavy atom. The molecule has 0 atom stereocenters. The smallest absolute Gasteiger partial charge is 0.398 e. The van der Waals surface area contributed by atoms with Crippen molar-refractivity contribution in [2.45, 2.75) is 25.4 Å². The fraction of sp³-hybridized carbons (Fsp3) is 0.261. The van der Waals surface area contributed by atoms with Crippen LogP contribution in [0.4, 0.5) is 30.4 Å². The summed E-state index contributed by atoms with van der Waals surface area (Å²) in [5, 5.41) is 7.45. The highest BCUT2D eigenvalue weighted by Gasteiger charge is 2.30. The Balaban J connectivity index is 1.52. The van der Waals surface area contributed by atoms with E-state index in [0.29, 0.717) is 22.9 Å². The zero-order chi connectivity index (χ0) is 22.0. The van der Waals surface area contributed by atoms with Crippen LogP contribution in [0.2, 0.25) is 0 Å². The van der Waals surface area contributed by atoms with Crippen molar-refractivity contribution in [3.8, 4) is 5.69 Å². The van der Waals surface area contributed by atoms with Crippen LogP contribution in [0.5, 0.6) is 0 Å². The van der Waals surface area contributed by atoms with Crippen molar-refractivity contribution in [2.75, 3.05) is 29.0 Å². The average Bonchev–Trinajstić information content (AvgIpc) is 3.22. The Kier molecular flexibility index (Phi) is 5.63. The third-order valence-electron chi connectivity index (χ3n) is 5.39. The van der Waals surface area contributed by atoms with E-state index in [0.717, 1.165) is 36.5 Å². The summed E-state index contributed by atoms with van der Waals surface area (Å²) >= 11 is 0. The van der Waals surface area contributed by atoms with Crippen LogP contribution >= 0.6 is 0 Å². The lowest BCUT2D eigenvalue weighted by Gasteiger charge is -2.29. The summed E-state index contributed by atoms with van der Waals surface area (Å²) in [7, 11) is 0. The summed E-state index contributed by atoms with van der Waals surface area (Å²) in [5.41, 5.74) is 8.82. The van der Waals surface area contributed by atoms with Crippen LogP contribution in [-0.2, 0) is 6.18 Å². The quantitative estimate of drug-likeness (QED) is 0.525. The molecule has 3 aromatic rings. The largest absolute Gasteiger partial charge is 0.416 e. The zero-order valence-electron chi connectivity index (χ0n) is 17.0. The van der Waals surface area contributed by atoms with Gasteiger partial charge < -0.3 is 16.0 Å². The number of anilines is 3. The molecule has 1 fully saturated rings. The molecule has 0 amide bonds. The summed E-state index contributed by atoms with van der Waals surface area (Å²) < 4.78 is 40.3. The molecule has 2 heterocycles. The lowest BCUT2D eigenvalue weighted by molar-refractivity contribution is -0.137. The highest BCUT2D eigenvalue weighted by Crippen LogP contribution is 2.31.